The maximum absolute atomic E-state index is 12.8. The zero-order valence-electron chi connectivity index (χ0n) is 17.6. The van der Waals surface area contributed by atoms with Gasteiger partial charge in [-0.15, -0.1) is 0 Å². The van der Waals surface area contributed by atoms with Crippen molar-refractivity contribution in [2.75, 3.05) is 13.2 Å². The summed E-state index contributed by atoms with van der Waals surface area (Å²) >= 11 is 3.42. The molecule has 0 saturated heterocycles. The molecule has 2 heterocycles. The number of hydrogen-bond acceptors (Lipinski definition) is 4. The van der Waals surface area contributed by atoms with Crippen molar-refractivity contribution in [3.05, 3.63) is 80.8 Å². The number of halogens is 4. The van der Waals surface area contributed by atoms with Crippen molar-refractivity contribution in [1.82, 2.24) is 19.3 Å². The molecule has 10 heteroatoms. The summed E-state index contributed by atoms with van der Waals surface area (Å²) in [6, 6.07) is 16.5. The van der Waals surface area contributed by atoms with Crippen LogP contribution >= 0.6 is 15.9 Å². The van der Waals surface area contributed by atoms with Crippen LogP contribution in [0.25, 0.3) is 22.3 Å². The highest BCUT2D eigenvalue weighted by Gasteiger charge is 2.27. The molecule has 0 aliphatic rings. The topological polar surface area (TPSA) is 61.9 Å². The first kappa shape index (κ1) is 23.2. The third-order valence-corrected chi connectivity index (χ3v) is 5.56. The molecule has 0 aliphatic heterocycles. The Labute approximate surface area is 195 Å². The molecule has 0 saturated carbocycles. The Morgan fingerprint density at radius 3 is 2.64 bits per heavy atom. The molecule has 0 atom stereocenters. The molecular formula is C23H20BrF3N4O2. The van der Waals surface area contributed by atoms with Gasteiger partial charge >= 0.3 is 6.18 Å². The molecule has 2 aromatic heterocycles. The van der Waals surface area contributed by atoms with Crippen LogP contribution in [-0.4, -0.2) is 38.7 Å². The number of aromatic nitrogens is 4. The zero-order chi connectivity index (χ0) is 23.6. The third-order valence-electron chi connectivity index (χ3n) is 5.07. The third kappa shape index (κ3) is 5.51. The van der Waals surface area contributed by atoms with Gasteiger partial charge in [0.05, 0.1) is 25.2 Å². The molecule has 2 aromatic carbocycles. The standard InChI is InChI=1S/C23H20BrF3N4O2/c1-15-11-21(32)30(19-8-3-2-7-18(15)19)13-20-28-22(16-5-4-6-17(24)12-16)29-31(20)9-10-33-14-23(25,26)27/h2-8,11-12H,9-10,13-14H2,1H3. The molecule has 0 N–H and O–H groups in total. The summed E-state index contributed by atoms with van der Waals surface area (Å²) in [4.78, 5) is 17.4. The van der Waals surface area contributed by atoms with Gasteiger partial charge in [0.25, 0.3) is 5.56 Å². The highest BCUT2D eigenvalue weighted by molar-refractivity contribution is 9.10. The fourth-order valence-electron chi connectivity index (χ4n) is 3.57. The van der Waals surface area contributed by atoms with Crippen LogP contribution in [0.2, 0.25) is 0 Å². The number of aryl methyl sites for hydroxylation is 1. The van der Waals surface area contributed by atoms with Crippen LogP contribution in [0.3, 0.4) is 0 Å². The Hall–Kier alpha value is -2.98. The molecule has 4 aromatic rings. The summed E-state index contributed by atoms with van der Waals surface area (Å²) in [6.45, 7) is 0.514. The maximum Gasteiger partial charge on any atom is 0.411 e. The van der Waals surface area contributed by atoms with Gasteiger partial charge in [0.1, 0.15) is 12.4 Å². The number of para-hydroxylation sites is 1. The Bertz CT molecular complexity index is 1350. The molecule has 0 bridgehead atoms. The summed E-state index contributed by atoms with van der Waals surface area (Å²) in [5, 5.41) is 5.42. The van der Waals surface area contributed by atoms with Crippen LogP contribution in [0, 0.1) is 6.92 Å². The number of pyridine rings is 1. The lowest BCUT2D eigenvalue weighted by Crippen LogP contribution is -2.24. The van der Waals surface area contributed by atoms with Crippen molar-refractivity contribution in [2.24, 2.45) is 0 Å². The van der Waals surface area contributed by atoms with Gasteiger partial charge in [0.2, 0.25) is 0 Å². The van der Waals surface area contributed by atoms with Crippen molar-refractivity contribution in [3.63, 3.8) is 0 Å². The van der Waals surface area contributed by atoms with E-state index in [0.29, 0.717) is 11.6 Å². The van der Waals surface area contributed by atoms with Crippen LogP contribution < -0.4 is 5.56 Å². The second-order valence-corrected chi connectivity index (χ2v) is 8.44. The average Bonchev–Trinajstić information content (AvgIpc) is 3.16. The van der Waals surface area contributed by atoms with Crippen molar-refractivity contribution < 1.29 is 17.9 Å². The molecule has 0 amide bonds. The van der Waals surface area contributed by atoms with Crippen molar-refractivity contribution in [3.8, 4) is 11.4 Å². The van der Waals surface area contributed by atoms with E-state index in [-0.39, 0.29) is 25.3 Å². The van der Waals surface area contributed by atoms with E-state index < -0.39 is 12.8 Å². The minimum absolute atomic E-state index is 0.0605. The first-order chi connectivity index (χ1) is 15.7. The minimum atomic E-state index is -4.40. The first-order valence-corrected chi connectivity index (χ1v) is 10.9. The van der Waals surface area contributed by atoms with Gasteiger partial charge in [-0.05, 0) is 30.7 Å². The number of rotatable bonds is 7. The van der Waals surface area contributed by atoms with Crippen molar-refractivity contribution >= 4 is 26.8 Å². The second-order valence-electron chi connectivity index (χ2n) is 7.52. The summed E-state index contributed by atoms with van der Waals surface area (Å²) in [7, 11) is 0. The van der Waals surface area contributed by atoms with Crippen LogP contribution in [0.5, 0.6) is 0 Å². The van der Waals surface area contributed by atoms with Gasteiger partial charge < -0.3 is 9.30 Å². The lowest BCUT2D eigenvalue weighted by atomic mass is 10.1. The van der Waals surface area contributed by atoms with Gasteiger partial charge in [-0.25, -0.2) is 9.67 Å². The molecule has 4 rings (SSSR count). The Kier molecular flexibility index (Phi) is 6.66. The molecular weight excluding hydrogens is 501 g/mol. The number of hydrogen-bond donors (Lipinski definition) is 0. The van der Waals surface area contributed by atoms with Gasteiger partial charge in [-0.3, -0.25) is 4.79 Å². The van der Waals surface area contributed by atoms with Gasteiger partial charge in [-0.2, -0.15) is 18.3 Å². The lowest BCUT2D eigenvalue weighted by molar-refractivity contribution is -0.174. The van der Waals surface area contributed by atoms with Gasteiger partial charge in [0, 0.05) is 21.5 Å². The molecule has 0 spiro atoms. The number of nitrogens with zero attached hydrogens (tertiary/aromatic N) is 4. The number of fused-ring (bicyclic) bond motifs is 1. The maximum atomic E-state index is 12.8. The van der Waals surface area contributed by atoms with E-state index in [1.165, 1.54) is 4.68 Å². The predicted octanol–water partition coefficient (Wildman–Crippen LogP) is 4.96. The summed E-state index contributed by atoms with van der Waals surface area (Å²) < 4.78 is 46.0. The highest BCUT2D eigenvalue weighted by atomic mass is 79.9. The van der Waals surface area contributed by atoms with Gasteiger partial charge in [0.15, 0.2) is 5.82 Å². The van der Waals surface area contributed by atoms with Crippen molar-refractivity contribution in [1.29, 1.82) is 0 Å². The Balaban J connectivity index is 1.71. The van der Waals surface area contributed by atoms with E-state index >= 15 is 0 Å². The van der Waals surface area contributed by atoms with E-state index in [0.717, 1.165) is 26.5 Å². The fraction of sp³-hybridized carbons (Fsp3) is 0.261. The highest BCUT2D eigenvalue weighted by Crippen LogP contribution is 2.22. The summed E-state index contributed by atoms with van der Waals surface area (Å²) in [5.41, 5.74) is 2.15. The predicted molar refractivity (Wildman–Crippen MR) is 122 cm³/mol. The quantitative estimate of drug-likeness (QED) is 0.323. The molecule has 0 unspecified atom stereocenters. The van der Waals surface area contributed by atoms with Crippen LogP contribution in [0.15, 0.2) is 63.9 Å². The molecule has 172 valence electrons. The minimum Gasteiger partial charge on any atom is -0.370 e. The largest absolute Gasteiger partial charge is 0.411 e. The Morgan fingerprint density at radius 1 is 1.09 bits per heavy atom. The SMILES string of the molecule is Cc1cc(=O)n(Cc2nc(-c3cccc(Br)c3)nn2CCOCC(F)(F)F)c2ccccc12. The average molecular weight is 521 g/mol. The molecule has 6 nitrogen and oxygen atoms in total. The van der Waals surface area contributed by atoms with E-state index in [1.807, 2.05) is 55.5 Å². The normalized spacial score (nSPS) is 11.9. The number of ether oxygens (including phenoxy) is 1. The van der Waals surface area contributed by atoms with Crippen LogP contribution in [-0.2, 0) is 17.8 Å². The van der Waals surface area contributed by atoms with E-state index in [2.05, 4.69) is 26.0 Å². The first-order valence-electron chi connectivity index (χ1n) is 10.1. The van der Waals surface area contributed by atoms with E-state index in [1.54, 1.807) is 10.6 Å². The second kappa shape index (κ2) is 9.48. The molecule has 0 aliphatic carbocycles. The number of benzene rings is 2. The monoisotopic (exact) mass is 520 g/mol. The Morgan fingerprint density at radius 2 is 1.88 bits per heavy atom. The molecule has 33 heavy (non-hydrogen) atoms. The summed E-state index contributed by atoms with van der Waals surface area (Å²) in [6.07, 6.45) is -4.40. The smallest absolute Gasteiger partial charge is 0.370 e. The lowest BCUT2D eigenvalue weighted by Gasteiger charge is -2.13. The molecule has 0 radical (unpaired) electrons. The molecule has 0 fully saturated rings. The number of alkyl halides is 3. The van der Waals surface area contributed by atoms with Crippen molar-refractivity contribution in [2.45, 2.75) is 26.2 Å². The van der Waals surface area contributed by atoms with Crippen LogP contribution in [0.4, 0.5) is 13.2 Å². The fourth-order valence-corrected chi connectivity index (χ4v) is 3.96. The van der Waals surface area contributed by atoms with E-state index in [9.17, 15) is 18.0 Å². The zero-order valence-corrected chi connectivity index (χ0v) is 19.2. The van der Waals surface area contributed by atoms with E-state index in [4.69, 9.17) is 4.74 Å². The van der Waals surface area contributed by atoms with Gasteiger partial charge in [-0.1, -0.05) is 46.3 Å². The summed E-state index contributed by atoms with van der Waals surface area (Å²) in [5.74, 6) is 0.850. The van der Waals surface area contributed by atoms with Crippen LogP contribution in [0.1, 0.15) is 11.4 Å².